The molecular weight excluding hydrogens is 613 g/mol. The van der Waals surface area contributed by atoms with E-state index in [0.717, 1.165) is 37.4 Å². The molecule has 0 bridgehead atoms. The maximum absolute atomic E-state index is 5.87. The van der Waals surface area contributed by atoms with Gasteiger partial charge >= 0.3 is 0 Å². The Morgan fingerprint density at radius 3 is 1.22 bits per heavy atom. The summed E-state index contributed by atoms with van der Waals surface area (Å²) in [5.41, 5.74) is 10.3. The number of unbranched alkanes of at least 4 members (excludes halogenated alkanes) is 1. The molecule has 6 rings (SSSR count). The van der Waals surface area contributed by atoms with Gasteiger partial charge in [-0.3, -0.25) is 0 Å². The number of hydrogen-bond donors (Lipinski definition) is 0. The molecule has 0 radical (unpaired) electrons. The monoisotopic (exact) mass is 666 g/mol. The van der Waals surface area contributed by atoms with Gasteiger partial charge in [0.25, 0.3) is 0 Å². The molecule has 0 fully saturated rings. The average molecular weight is 667 g/mol. The van der Waals surface area contributed by atoms with Gasteiger partial charge in [0, 0.05) is 48.3 Å². The summed E-state index contributed by atoms with van der Waals surface area (Å²) >= 11 is 0. The van der Waals surface area contributed by atoms with Gasteiger partial charge in [-0.2, -0.15) is 9.15 Å². The number of para-hydroxylation sites is 2. The van der Waals surface area contributed by atoms with Gasteiger partial charge in [-0.25, -0.2) is 0 Å². The van der Waals surface area contributed by atoms with E-state index in [1.54, 1.807) is 0 Å². The van der Waals surface area contributed by atoms with E-state index >= 15 is 0 Å². The Morgan fingerprint density at radius 2 is 0.860 bits per heavy atom. The maximum Gasteiger partial charge on any atom is 0.209 e. The largest absolute Gasteiger partial charge is 0.491 e. The summed E-state index contributed by atoms with van der Waals surface area (Å²) in [6.07, 6.45) is 11.6. The molecule has 0 N–H and O–H groups in total. The summed E-state index contributed by atoms with van der Waals surface area (Å²) in [4.78, 5) is 0. The lowest BCUT2D eigenvalue weighted by Crippen LogP contribution is -2.28. The standard InChI is InChI=1S/C46H54N2O2/c1-33(2)49-37-25-19-35(20-26-37)23-29-43-45(5,6)39-15-9-11-17-41(39)47(43)31-13-14-32-48-42-18-12-10-16-40(42)46(7,8)44(48)30-24-36-21-27-38(28-22-36)50-34(3)4/h9-12,15-30,33-34H,13-14,31-32H2,1-8H3/q+2. The van der Waals surface area contributed by atoms with Crippen LogP contribution in [0.1, 0.15) is 90.5 Å². The van der Waals surface area contributed by atoms with Crippen LogP contribution < -0.4 is 9.47 Å². The van der Waals surface area contributed by atoms with E-state index in [-0.39, 0.29) is 23.0 Å². The summed E-state index contributed by atoms with van der Waals surface area (Å²) in [7, 11) is 0. The van der Waals surface area contributed by atoms with Crippen LogP contribution in [0.15, 0.2) is 109 Å². The molecule has 4 nitrogen and oxygen atoms in total. The second-order valence-corrected chi connectivity index (χ2v) is 15.2. The minimum absolute atomic E-state index is 0.0867. The van der Waals surface area contributed by atoms with Crippen LogP contribution in [0, 0.1) is 0 Å². The third-order valence-corrected chi connectivity index (χ3v) is 9.98. The van der Waals surface area contributed by atoms with Crippen LogP contribution in [0.25, 0.3) is 12.2 Å². The molecule has 50 heavy (non-hydrogen) atoms. The summed E-state index contributed by atoms with van der Waals surface area (Å²) in [5, 5.41) is 0. The molecule has 0 saturated carbocycles. The Morgan fingerprint density at radius 1 is 0.500 bits per heavy atom. The Hall–Kier alpha value is -4.70. The van der Waals surface area contributed by atoms with Crippen LogP contribution in [0.4, 0.5) is 11.4 Å². The Bertz CT molecular complexity index is 1790. The summed E-state index contributed by atoms with van der Waals surface area (Å²) in [5.74, 6) is 1.82. The molecule has 4 aromatic carbocycles. The Labute approximate surface area is 300 Å². The molecule has 2 aliphatic heterocycles. The molecular formula is C46H54N2O2+2. The Balaban J connectivity index is 1.23. The number of nitrogens with zero attached hydrogens (tertiary/aromatic N) is 2. The van der Waals surface area contributed by atoms with E-state index in [2.05, 4.69) is 186 Å². The van der Waals surface area contributed by atoms with Crippen molar-refractivity contribution in [1.29, 1.82) is 0 Å². The fraction of sp³-hybridized carbons (Fsp3) is 0.348. The first-order valence-corrected chi connectivity index (χ1v) is 18.3. The lowest BCUT2D eigenvalue weighted by molar-refractivity contribution is -0.451. The van der Waals surface area contributed by atoms with Gasteiger partial charge in [0.05, 0.1) is 23.0 Å². The molecule has 0 unspecified atom stereocenters. The molecule has 0 amide bonds. The molecule has 4 heteroatoms. The number of benzene rings is 4. The molecule has 0 atom stereocenters. The van der Waals surface area contributed by atoms with Crippen molar-refractivity contribution in [1.82, 2.24) is 0 Å². The third kappa shape index (κ3) is 7.40. The van der Waals surface area contributed by atoms with Gasteiger partial charge in [0.15, 0.2) is 11.4 Å². The number of allylic oxidation sites excluding steroid dienone is 2. The fourth-order valence-corrected chi connectivity index (χ4v) is 7.51. The fourth-order valence-electron chi connectivity index (χ4n) is 7.51. The first-order chi connectivity index (χ1) is 23.9. The van der Waals surface area contributed by atoms with E-state index in [9.17, 15) is 0 Å². The topological polar surface area (TPSA) is 24.5 Å². The average Bonchev–Trinajstić information content (AvgIpc) is 3.43. The first-order valence-electron chi connectivity index (χ1n) is 18.3. The smallest absolute Gasteiger partial charge is 0.209 e. The van der Waals surface area contributed by atoms with Crippen LogP contribution in [0.5, 0.6) is 11.5 Å². The number of ether oxygens (including phenoxy) is 2. The summed E-state index contributed by atoms with van der Waals surface area (Å²) in [6, 6.07) is 34.7. The third-order valence-electron chi connectivity index (χ3n) is 9.98. The predicted molar refractivity (Wildman–Crippen MR) is 210 cm³/mol. The number of rotatable bonds is 13. The van der Waals surface area contributed by atoms with Gasteiger partial charge in [-0.15, -0.1) is 0 Å². The van der Waals surface area contributed by atoms with Crippen LogP contribution >= 0.6 is 0 Å². The van der Waals surface area contributed by atoms with Gasteiger partial charge in [0.1, 0.15) is 24.6 Å². The molecule has 258 valence electrons. The Kier molecular flexibility index (Phi) is 10.3. The van der Waals surface area contributed by atoms with Crippen LogP contribution in [0.2, 0.25) is 0 Å². The van der Waals surface area contributed by atoms with Crippen molar-refractivity contribution in [2.45, 2.75) is 91.3 Å². The first kappa shape index (κ1) is 35.1. The quantitative estimate of drug-likeness (QED) is 0.105. The van der Waals surface area contributed by atoms with Crippen molar-refractivity contribution < 1.29 is 18.6 Å². The van der Waals surface area contributed by atoms with Crippen LogP contribution in [-0.4, -0.2) is 45.9 Å². The highest BCUT2D eigenvalue weighted by Crippen LogP contribution is 2.41. The molecule has 0 spiro atoms. The molecule has 4 aromatic rings. The summed E-state index contributed by atoms with van der Waals surface area (Å²) < 4.78 is 16.8. The van der Waals surface area contributed by atoms with E-state index in [0.29, 0.717) is 0 Å². The molecule has 0 aromatic heterocycles. The minimum atomic E-state index is -0.0867. The van der Waals surface area contributed by atoms with Crippen molar-refractivity contribution in [3.63, 3.8) is 0 Å². The van der Waals surface area contributed by atoms with Gasteiger partial charge in [-0.05, 0) is 103 Å². The molecule has 0 aliphatic carbocycles. The van der Waals surface area contributed by atoms with E-state index in [1.165, 1.54) is 45.1 Å². The summed E-state index contributed by atoms with van der Waals surface area (Å²) in [6.45, 7) is 19.6. The maximum atomic E-state index is 5.87. The second kappa shape index (κ2) is 14.6. The highest BCUT2D eigenvalue weighted by atomic mass is 16.5. The zero-order valence-electron chi connectivity index (χ0n) is 31.2. The normalized spacial score (nSPS) is 16.3. The van der Waals surface area contributed by atoms with Gasteiger partial charge < -0.3 is 9.47 Å². The van der Waals surface area contributed by atoms with E-state index < -0.39 is 0 Å². The minimum Gasteiger partial charge on any atom is -0.491 e. The number of fused-ring (bicyclic) bond motifs is 2. The van der Waals surface area contributed by atoms with Crippen LogP contribution in [-0.2, 0) is 10.8 Å². The van der Waals surface area contributed by atoms with Crippen molar-refractivity contribution in [2.75, 3.05) is 13.1 Å². The van der Waals surface area contributed by atoms with Crippen molar-refractivity contribution in [3.8, 4) is 11.5 Å². The zero-order chi connectivity index (χ0) is 35.5. The van der Waals surface area contributed by atoms with Crippen molar-refractivity contribution in [2.24, 2.45) is 0 Å². The van der Waals surface area contributed by atoms with E-state index in [1.807, 2.05) is 0 Å². The zero-order valence-corrected chi connectivity index (χ0v) is 31.2. The molecule has 2 heterocycles. The van der Waals surface area contributed by atoms with Crippen LogP contribution in [0.3, 0.4) is 0 Å². The lowest BCUT2D eigenvalue weighted by atomic mass is 9.81. The van der Waals surface area contributed by atoms with Gasteiger partial charge in [-0.1, -0.05) is 60.7 Å². The highest BCUT2D eigenvalue weighted by molar-refractivity contribution is 6.06. The second-order valence-electron chi connectivity index (χ2n) is 15.2. The number of hydrogen-bond acceptors (Lipinski definition) is 2. The molecule has 2 aliphatic rings. The highest BCUT2D eigenvalue weighted by Gasteiger charge is 2.45. The van der Waals surface area contributed by atoms with Crippen molar-refractivity contribution >= 4 is 35.0 Å². The lowest BCUT2D eigenvalue weighted by Gasteiger charge is -2.15. The SMILES string of the molecule is CC(C)Oc1ccc(C=CC2=[N+](CCCC[N+]3=C(C=Cc4ccc(OC(C)C)cc4)C(C)(C)c4ccccc43)c3ccccc3C2(C)C)cc1. The van der Waals surface area contributed by atoms with E-state index in [4.69, 9.17) is 9.47 Å². The van der Waals surface area contributed by atoms with Crippen molar-refractivity contribution in [3.05, 3.63) is 131 Å². The predicted octanol–water partition coefficient (Wildman–Crippen LogP) is 10.9. The van der Waals surface area contributed by atoms with Gasteiger partial charge in [0.2, 0.25) is 11.4 Å². The molecule has 0 saturated heterocycles.